The molecule has 110 valence electrons. The molecule has 0 atom stereocenters. The van der Waals surface area contributed by atoms with Crippen LogP contribution in [0.25, 0.3) is 0 Å². The van der Waals surface area contributed by atoms with Crippen LogP contribution >= 0.6 is 15.9 Å². The second-order valence-electron chi connectivity index (χ2n) is 4.68. The summed E-state index contributed by atoms with van der Waals surface area (Å²) in [5, 5.41) is 0. The number of carbonyl (C=O) groups is 1. The summed E-state index contributed by atoms with van der Waals surface area (Å²) in [6.45, 7) is 3.16. The fraction of sp³-hybridized carbons (Fsp3) is 0.250. The molecule has 1 amide bonds. The number of carbonyl (C=O) groups excluding carboxylic acids is 1. The molecule has 0 aliphatic carbocycles. The highest BCUT2D eigenvalue weighted by Gasteiger charge is 2.17. The smallest absolute Gasteiger partial charge is 0.255 e. The van der Waals surface area contributed by atoms with Gasteiger partial charge in [0.15, 0.2) is 0 Å². The average Bonchev–Trinajstić information content (AvgIpc) is 2.51. The lowest BCUT2D eigenvalue weighted by Crippen LogP contribution is -2.33. The van der Waals surface area contributed by atoms with Crippen molar-refractivity contribution in [2.24, 2.45) is 0 Å². The number of hydrogen-bond acceptors (Lipinski definition) is 2. The number of likely N-dealkylation sites (N-methyl/N-ethyl adjacent to an activating group) is 1. The van der Waals surface area contributed by atoms with Crippen LogP contribution in [0.15, 0.2) is 51.9 Å². The van der Waals surface area contributed by atoms with E-state index in [0.29, 0.717) is 23.1 Å². The summed E-state index contributed by atoms with van der Waals surface area (Å²) >= 11 is 3.31. The van der Waals surface area contributed by atoms with Crippen LogP contribution in [0.2, 0.25) is 0 Å². The van der Waals surface area contributed by atoms with Crippen molar-refractivity contribution >= 4 is 21.8 Å². The third-order valence-electron chi connectivity index (χ3n) is 3.29. The van der Waals surface area contributed by atoms with Gasteiger partial charge in [0, 0.05) is 29.8 Å². The number of rotatable bonds is 5. The molecule has 1 N–H and O–H groups in total. The number of aromatic amines is 1. The van der Waals surface area contributed by atoms with Gasteiger partial charge in [-0.1, -0.05) is 30.3 Å². The molecule has 0 unspecified atom stereocenters. The van der Waals surface area contributed by atoms with Crippen LogP contribution in [-0.4, -0.2) is 28.9 Å². The molecule has 4 nitrogen and oxygen atoms in total. The minimum absolute atomic E-state index is 0.133. The second kappa shape index (κ2) is 7.22. The number of H-pyrrole nitrogens is 1. The monoisotopic (exact) mass is 348 g/mol. The zero-order valence-electron chi connectivity index (χ0n) is 11.8. The predicted octanol–water partition coefficient (Wildman–Crippen LogP) is 2.84. The van der Waals surface area contributed by atoms with Gasteiger partial charge in [-0.05, 0) is 34.8 Å². The lowest BCUT2D eigenvalue weighted by molar-refractivity contribution is 0.0765. The van der Waals surface area contributed by atoms with E-state index in [1.165, 1.54) is 17.8 Å². The largest absolute Gasteiger partial charge is 0.339 e. The van der Waals surface area contributed by atoms with Gasteiger partial charge in [-0.15, -0.1) is 0 Å². The SMILES string of the molecule is CCN(CCc1ccccc1)C(=O)c1cc(=O)[nH]cc1Br. The van der Waals surface area contributed by atoms with Crippen molar-refractivity contribution in [3.8, 4) is 0 Å². The molecule has 2 rings (SSSR count). The van der Waals surface area contributed by atoms with Crippen molar-refractivity contribution in [2.45, 2.75) is 13.3 Å². The number of aromatic nitrogens is 1. The van der Waals surface area contributed by atoms with E-state index in [0.717, 1.165) is 6.42 Å². The van der Waals surface area contributed by atoms with E-state index in [1.807, 2.05) is 37.3 Å². The van der Waals surface area contributed by atoms with Crippen LogP contribution in [0.4, 0.5) is 0 Å². The van der Waals surface area contributed by atoms with Gasteiger partial charge in [0.25, 0.3) is 5.91 Å². The predicted molar refractivity (Wildman–Crippen MR) is 86.5 cm³/mol. The van der Waals surface area contributed by atoms with Crippen molar-refractivity contribution in [3.05, 3.63) is 68.5 Å². The Hall–Kier alpha value is -1.88. The van der Waals surface area contributed by atoms with Gasteiger partial charge in [-0.2, -0.15) is 0 Å². The van der Waals surface area contributed by atoms with E-state index < -0.39 is 0 Å². The molecule has 1 heterocycles. The zero-order valence-corrected chi connectivity index (χ0v) is 13.4. The molecule has 0 saturated carbocycles. The molecule has 1 aromatic heterocycles. The van der Waals surface area contributed by atoms with E-state index in [-0.39, 0.29) is 11.5 Å². The number of nitrogens with zero attached hydrogens (tertiary/aromatic N) is 1. The Kier molecular flexibility index (Phi) is 5.33. The highest BCUT2D eigenvalue weighted by Crippen LogP contribution is 2.15. The molecule has 0 saturated heterocycles. The van der Waals surface area contributed by atoms with Crippen molar-refractivity contribution in [3.63, 3.8) is 0 Å². The standard InChI is InChI=1S/C16H17BrN2O2/c1-2-19(9-8-12-6-4-3-5-7-12)16(21)13-10-15(20)18-11-14(13)17/h3-7,10-11H,2,8-9H2,1H3,(H,18,20). The van der Waals surface area contributed by atoms with Gasteiger partial charge in [0.2, 0.25) is 5.56 Å². The Morgan fingerprint density at radius 2 is 2.00 bits per heavy atom. The molecule has 0 spiro atoms. The lowest BCUT2D eigenvalue weighted by atomic mass is 10.1. The third kappa shape index (κ3) is 4.04. The van der Waals surface area contributed by atoms with Crippen molar-refractivity contribution in [2.75, 3.05) is 13.1 Å². The fourth-order valence-electron chi connectivity index (χ4n) is 2.10. The molecule has 0 radical (unpaired) electrons. The zero-order chi connectivity index (χ0) is 15.2. The molecule has 2 aromatic rings. The summed E-state index contributed by atoms with van der Waals surface area (Å²) in [7, 11) is 0. The van der Waals surface area contributed by atoms with E-state index in [4.69, 9.17) is 0 Å². The number of hydrogen-bond donors (Lipinski definition) is 1. The van der Waals surface area contributed by atoms with Crippen LogP contribution in [0, 0.1) is 0 Å². The Labute approximate surface area is 131 Å². The summed E-state index contributed by atoms with van der Waals surface area (Å²) in [5.74, 6) is -0.133. The van der Waals surface area contributed by atoms with E-state index in [9.17, 15) is 9.59 Å². The normalized spacial score (nSPS) is 10.4. The number of amides is 1. The molecule has 0 bridgehead atoms. The average molecular weight is 349 g/mol. The van der Waals surface area contributed by atoms with Crippen molar-refractivity contribution in [1.29, 1.82) is 0 Å². The number of halogens is 1. The number of benzene rings is 1. The van der Waals surface area contributed by atoms with Gasteiger partial charge >= 0.3 is 0 Å². The maximum absolute atomic E-state index is 12.5. The first-order valence-electron chi connectivity index (χ1n) is 6.83. The number of nitrogens with one attached hydrogen (secondary N) is 1. The van der Waals surface area contributed by atoms with E-state index >= 15 is 0 Å². The molecule has 0 aliphatic rings. The maximum atomic E-state index is 12.5. The summed E-state index contributed by atoms with van der Waals surface area (Å²) < 4.78 is 0.602. The highest BCUT2D eigenvalue weighted by molar-refractivity contribution is 9.10. The number of pyridine rings is 1. The van der Waals surface area contributed by atoms with Crippen LogP contribution in [0.1, 0.15) is 22.8 Å². The molecule has 1 aromatic carbocycles. The van der Waals surface area contributed by atoms with Gasteiger partial charge in [0.05, 0.1) is 5.56 Å². The summed E-state index contributed by atoms with van der Waals surface area (Å²) in [6, 6.07) is 11.4. The van der Waals surface area contributed by atoms with Crippen molar-refractivity contribution < 1.29 is 4.79 Å². The minimum atomic E-state index is -0.277. The Morgan fingerprint density at radius 3 is 2.67 bits per heavy atom. The first-order valence-corrected chi connectivity index (χ1v) is 7.62. The summed E-state index contributed by atoms with van der Waals surface area (Å²) in [4.78, 5) is 28.2. The topological polar surface area (TPSA) is 53.2 Å². The Morgan fingerprint density at radius 1 is 1.29 bits per heavy atom. The van der Waals surface area contributed by atoms with Crippen LogP contribution in [-0.2, 0) is 6.42 Å². The third-order valence-corrected chi connectivity index (χ3v) is 3.94. The molecule has 5 heteroatoms. The van der Waals surface area contributed by atoms with Gasteiger partial charge < -0.3 is 9.88 Å². The molecule has 21 heavy (non-hydrogen) atoms. The van der Waals surface area contributed by atoms with Gasteiger partial charge in [0.1, 0.15) is 0 Å². The van der Waals surface area contributed by atoms with Crippen molar-refractivity contribution in [1.82, 2.24) is 9.88 Å². The summed E-state index contributed by atoms with van der Waals surface area (Å²) in [6.07, 6.45) is 2.29. The molecular weight excluding hydrogens is 332 g/mol. The maximum Gasteiger partial charge on any atom is 0.255 e. The second-order valence-corrected chi connectivity index (χ2v) is 5.53. The van der Waals surface area contributed by atoms with Crippen LogP contribution in [0.5, 0.6) is 0 Å². The Balaban J connectivity index is 2.11. The first kappa shape index (κ1) is 15.5. The highest BCUT2D eigenvalue weighted by atomic mass is 79.9. The molecule has 0 fully saturated rings. The van der Waals surface area contributed by atoms with E-state index in [1.54, 1.807) is 4.90 Å². The molecule has 0 aliphatic heterocycles. The van der Waals surface area contributed by atoms with Crippen LogP contribution < -0.4 is 5.56 Å². The Bertz CT molecular complexity index is 667. The first-order chi connectivity index (χ1) is 10.1. The quantitative estimate of drug-likeness (QED) is 0.903. The fourth-order valence-corrected chi connectivity index (χ4v) is 2.50. The summed E-state index contributed by atoms with van der Waals surface area (Å²) in [5.41, 5.74) is 1.31. The van der Waals surface area contributed by atoms with E-state index in [2.05, 4.69) is 20.9 Å². The van der Waals surface area contributed by atoms with Gasteiger partial charge in [-0.25, -0.2) is 0 Å². The minimum Gasteiger partial charge on any atom is -0.339 e. The van der Waals surface area contributed by atoms with Gasteiger partial charge in [-0.3, -0.25) is 9.59 Å². The lowest BCUT2D eigenvalue weighted by Gasteiger charge is -2.21. The van der Waals surface area contributed by atoms with Crippen LogP contribution in [0.3, 0.4) is 0 Å². The molecular formula is C16H17BrN2O2.